The Balaban J connectivity index is 1.47. The maximum atomic E-state index is 5.74. The third-order valence-corrected chi connectivity index (χ3v) is 7.58. The van der Waals surface area contributed by atoms with Crippen molar-refractivity contribution in [2.24, 2.45) is 23.2 Å². The maximum absolute atomic E-state index is 5.74. The molecule has 0 aliphatic heterocycles. The van der Waals surface area contributed by atoms with Gasteiger partial charge in [0.05, 0.1) is 19.9 Å². The summed E-state index contributed by atoms with van der Waals surface area (Å²) in [5.74, 6) is 4.38. The SMILES string of the molecule is CCC[C@@H](NC(=S)Nc1ccc(OC)cc1OC)C12CC3CC(CC(C3)C1)C2. The second kappa shape index (κ2) is 8.10. The minimum Gasteiger partial charge on any atom is -0.497 e. The average molecular weight is 403 g/mol. The van der Waals surface area contributed by atoms with E-state index in [0.29, 0.717) is 16.6 Å². The predicted octanol–water partition coefficient (Wildman–Crippen LogP) is 5.38. The highest BCUT2D eigenvalue weighted by Crippen LogP contribution is 2.61. The summed E-state index contributed by atoms with van der Waals surface area (Å²) >= 11 is 5.74. The van der Waals surface area contributed by atoms with Gasteiger partial charge in [-0.15, -0.1) is 0 Å². The van der Waals surface area contributed by atoms with Gasteiger partial charge in [0.15, 0.2) is 5.11 Å². The molecule has 4 aliphatic rings. The Morgan fingerprint density at radius 3 is 2.29 bits per heavy atom. The largest absolute Gasteiger partial charge is 0.497 e. The number of thiocarbonyl (C=S) groups is 1. The predicted molar refractivity (Wildman–Crippen MR) is 118 cm³/mol. The van der Waals surface area contributed by atoms with Crippen LogP contribution in [-0.4, -0.2) is 25.4 Å². The first-order chi connectivity index (χ1) is 13.5. The summed E-state index contributed by atoms with van der Waals surface area (Å²) in [6, 6.07) is 6.24. The molecule has 0 radical (unpaired) electrons. The van der Waals surface area contributed by atoms with E-state index in [1.54, 1.807) is 14.2 Å². The summed E-state index contributed by atoms with van der Waals surface area (Å²) in [7, 11) is 3.33. The minimum atomic E-state index is 0.445. The number of anilines is 1. The first kappa shape index (κ1) is 19.8. The third kappa shape index (κ3) is 3.83. The minimum absolute atomic E-state index is 0.445. The van der Waals surface area contributed by atoms with Crippen molar-refractivity contribution in [2.75, 3.05) is 19.5 Å². The molecule has 5 rings (SSSR count). The number of rotatable bonds is 7. The van der Waals surface area contributed by atoms with E-state index in [2.05, 4.69) is 17.6 Å². The van der Waals surface area contributed by atoms with Crippen molar-refractivity contribution in [3.8, 4) is 11.5 Å². The number of methoxy groups -OCH3 is 2. The molecule has 0 aromatic heterocycles. The van der Waals surface area contributed by atoms with Crippen LogP contribution in [0.4, 0.5) is 5.69 Å². The lowest BCUT2D eigenvalue weighted by molar-refractivity contribution is -0.0718. The second-order valence-electron chi connectivity index (χ2n) is 9.29. The quantitative estimate of drug-likeness (QED) is 0.600. The molecule has 4 saturated carbocycles. The Hall–Kier alpha value is -1.49. The number of benzene rings is 1. The first-order valence-electron chi connectivity index (χ1n) is 10.8. The molecule has 0 spiro atoms. The summed E-state index contributed by atoms with van der Waals surface area (Å²) in [6.45, 7) is 2.29. The summed E-state index contributed by atoms with van der Waals surface area (Å²) in [6.07, 6.45) is 11.0. The molecule has 4 fully saturated rings. The summed E-state index contributed by atoms with van der Waals surface area (Å²) < 4.78 is 10.8. The zero-order chi connectivity index (χ0) is 19.7. The Kier molecular flexibility index (Phi) is 5.73. The van der Waals surface area contributed by atoms with Gasteiger partial charge in [-0.3, -0.25) is 0 Å². The fourth-order valence-electron chi connectivity index (χ4n) is 6.64. The van der Waals surface area contributed by atoms with Crippen LogP contribution in [0.15, 0.2) is 18.2 Å². The highest BCUT2D eigenvalue weighted by atomic mass is 32.1. The molecular weight excluding hydrogens is 368 g/mol. The highest BCUT2D eigenvalue weighted by molar-refractivity contribution is 7.80. The van der Waals surface area contributed by atoms with Crippen molar-refractivity contribution in [3.63, 3.8) is 0 Å². The van der Waals surface area contributed by atoms with Crippen molar-refractivity contribution >= 4 is 23.0 Å². The lowest BCUT2D eigenvalue weighted by Crippen LogP contribution is -2.57. The van der Waals surface area contributed by atoms with Gasteiger partial charge >= 0.3 is 0 Å². The van der Waals surface area contributed by atoms with E-state index in [-0.39, 0.29) is 0 Å². The van der Waals surface area contributed by atoms with Crippen molar-refractivity contribution in [3.05, 3.63) is 18.2 Å². The van der Waals surface area contributed by atoms with Gasteiger partial charge in [-0.1, -0.05) is 13.3 Å². The Labute approximate surface area is 174 Å². The molecule has 1 aromatic carbocycles. The molecule has 28 heavy (non-hydrogen) atoms. The zero-order valence-electron chi connectivity index (χ0n) is 17.4. The van der Waals surface area contributed by atoms with Gasteiger partial charge in [0.1, 0.15) is 11.5 Å². The zero-order valence-corrected chi connectivity index (χ0v) is 18.2. The van der Waals surface area contributed by atoms with E-state index < -0.39 is 0 Å². The number of nitrogens with one attached hydrogen (secondary N) is 2. The van der Waals surface area contributed by atoms with Gasteiger partial charge in [0.25, 0.3) is 0 Å². The molecule has 1 atom stereocenters. The number of ether oxygens (including phenoxy) is 2. The molecular formula is C23H34N2O2S. The van der Waals surface area contributed by atoms with Gasteiger partial charge in [-0.2, -0.15) is 0 Å². The van der Waals surface area contributed by atoms with Crippen LogP contribution in [0.1, 0.15) is 58.3 Å². The van der Waals surface area contributed by atoms with E-state index >= 15 is 0 Å². The second-order valence-corrected chi connectivity index (χ2v) is 9.69. The summed E-state index contributed by atoms with van der Waals surface area (Å²) in [5, 5.41) is 7.82. The Bertz CT molecular complexity index is 685. The van der Waals surface area contributed by atoms with E-state index in [1.807, 2.05) is 18.2 Å². The normalized spacial score (nSPS) is 31.3. The van der Waals surface area contributed by atoms with Gasteiger partial charge in [0, 0.05) is 12.1 Å². The van der Waals surface area contributed by atoms with Gasteiger partial charge < -0.3 is 20.1 Å². The van der Waals surface area contributed by atoms with Crippen LogP contribution in [-0.2, 0) is 0 Å². The van der Waals surface area contributed by atoms with E-state index in [1.165, 1.54) is 51.4 Å². The van der Waals surface area contributed by atoms with Crippen molar-refractivity contribution in [1.82, 2.24) is 5.32 Å². The van der Waals surface area contributed by atoms with Crippen LogP contribution in [0, 0.1) is 23.2 Å². The fraction of sp³-hybridized carbons (Fsp3) is 0.696. The molecule has 0 amide bonds. The van der Waals surface area contributed by atoms with Crippen molar-refractivity contribution in [1.29, 1.82) is 0 Å². The molecule has 154 valence electrons. The van der Waals surface area contributed by atoms with Crippen LogP contribution in [0.2, 0.25) is 0 Å². The summed E-state index contributed by atoms with van der Waals surface area (Å²) in [4.78, 5) is 0. The monoisotopic (exact) mass is 402 g/mol. The first-order valence-corrected chi connectivity index (χ1v) is 11.3. The van der Waals surface area contributed by atoms with Crippen LogP contribution in [0.3, 0.4) is 0 Å². The smallest absolute Gasteiger partial charge is 0.171 e. The molecule has 4 bridgehead atoms. The van der Waals surface area contributed by atoms with Gasteiger partial charge in [-0.25, -0.2) is 0 Å². The fourth-order valence-corrected chi connectivity index (χ4v) is 6.90. The molecule has 5 heteroatoms. The molecule has 0 heterocycles. The van der Waals surface area contributed by atoms with E-state index in [9.17, 15) is 0 Å². The molecule has 4 aliphatic carbocycles. The lowest BCUT2D eigenvalue weighted by atomic mass is 9.47. The van der Waals surface area contributed by atoms with Crippen LogP contribution < -0.4 is 20.1 Å². The maximum Gasteiger partial charge on any atom is 0.171 e. The van der Waals surface area contributed by atoms with Gasteiger partial charge in [-0.05, 0) is 92.5 Å². The third-order valence-electron chi connectivity index (χ3n) is 7.36. The molecule has 2 N–H and O–H groups in total. The molecule has 4 nitrogen and oxygen atoms in total. The Morgan fingerprint density at radius 1 is 1.11 bits per heavy atom. The highest BCUT2D eigenvalue weighted by Gasteiger charge is 2.54. The van der Waals surface area contributed by atoms with Crippen LogP contribution in [0.5, 0.6) is 11.5 Å². The van der Waals surface area contributed by atoms with E-state index in [0.717, 1.165) is 34.9 Å². The molecule has 1 aromatic rings. The topological polar surface area (TPSA) is 42.5 Å². The Morgan fingerprint density at radius 2 is 1.75 bits per heavy atom. The van der Waals surface area contributed by atoms with Gasteiger partial charge in [0.2, 0.25) is 0 Å². The van der Waals surface area contributed by atoms with Crippen LogP contribution in [0.25, 0.3) is 0 Å². The number of hydrogen-bond acceptors (Lipinski definition) is 3. The molecule has 0 saturated heterocycles. The standard InChI is InChI=1S/C23H34N2O2S/c1-4-5-21(23-12-15-8-16(13-23)10-17(9-15)14-23)25-22(28)24-19-7-6-18(26-2)11-20(19)27-3/h6-7,11,15-17,21H,4-5,8-10,12-14H2,1-3H3,(H2,24,25,28)/t15?,16?,17?,21-,23?/m1/s1. The lowest BCUT2D eigenvalue weighted by Gasteiger charge is -2.59. The number of hydrogen-bond donors (Lipinski definition) is 2. The van der Waals surface area contributed by atoms with Crippen LogP contribution >= 0.6 is 12.2 Å². The average Bonchev–Trinajstić information content (AvgIpc) is 2.67. The summed E-state index contributed by atoms with van der Waals surface area (Å²) in [5.41, 5.74) is 1.32. The van der Waals surface area contributed by atoms with Crippen molar-refractivity contribution in [2.45, 2.75) is 64.3 Å². The molecule has 0 unspecified atom stereocenters. The van der Waals surface area contributed by atoms with E-state index in [4.69, 9.17) is 21.7 Å². The van der Waals surface area contributed by atoms with Crippen molar-refractivity contribution < 1.29 is 9.47 Å².